The van der Waals surface area contributed by atoms with Gasteiger partial charge in [0.05, 0.1) is 16.6 Å². The highest BCUT2D eigenvalue weighted by Crippen LogP contribution is 2.24. The van der Waals surface area contributed by atoms with Gasteiger partial charge < -0.3 is 15.2 Å². The maximum atomic E-state index is 11.3. The van der Waals surface area contributed by atoms with Crippen LogP contribution in [0.5, 0.6) is 0 Å². The number of sulfonamides is 1. The van der Waals surface area contributed by atoms with Gasteiger partial charge in [-0.15, -0.1) is 0 Å². The first kappa shape index (κ1) is 15.7. The number of ether oxygens (including phenoxy) is 1. The first-order valence-electron chi connectivity index (χ1n) is 6.57. The average Bonchev–Trinajstić information content (AvgIpc) is 2.91. The van der Waals surface area contributed by atoms with Crippen LogP contribution in [-0.2, 0) is 14.8 Å². The first-order valence-corrected chi connectivity index (χ1v) is 8.12. The lowest BCUT2D eigenvalue weighted by molar-refractivity contribution is 0.0697. The number of nitrogens with two attached hydrogens (primary N) is 1. The molecule has 0 aromatic heterocycles. The smallest absolute Gasteiger partial charge is 0.337 e. The zero-order valence-corrected chi connectivity index (χ0v) is 12.4. The summed E-state index contributed by atoms with van der Waals surface area (Å²) in [5.74, 6) is -1.22. The maximum Gasteiger partial charge on any atom is 0.337 e. The van der Waals surface area contributed by atoms with Gasteiger partial charge in [-0.2, -0.15) is 0 Å². The highest BCUT2D eigenvalue weighted by atomic mass is 32.2. The van der Waals surface area contributed by atoms with Crippen molar-refractivity contribution in [1.82, 2.24) is 0 Å². The predicted octanol–water partition coefficient (Wildman–Crippen LogP) is 1.01. The summed E-state index contributed by atoms with van der Waals surface area (Å²) in [6, 6.07) is 3.68. The Morgan fingerprint density at radius 1 is 1.52 bits per heavy atom. The molecule has 4 N–H and O–H groups in total. The molecule has 8 heteroatoms. The van der Waals surface area contributed by atoms with Crippen molar-refractivity contribution in [3.8, 4) is 0 Å². The molecule has 1 saturated heterocycles. The molecule has 1 aromatic rings. The van der Waals surface area contributed by atoms with Gasteiger partial charge in [0.1, 0.15) is 0 Å². The largest absolute Gasteiger partial charge is 0.478 e. The zero-order chi connectivity index (χ0) is 15.6. The van der Waals surface area contributed by atoms with Crippen LogP contribution in [0, 0.1) is 0 Å². The van der Waals surface area contributed by atoms with Gasteiger partial charge in [0.15, 0.2) is 0 Å². The Bertz CT molecular complexity index is 638. The molecule has 0 aliphatic carbocycles. The number of hydrogen-bond acceptors (Lipinski definition) is 5. The number of primary sulfonamides is 1. The Morgan fingerprint density at radius 2 is 2.24 bits per heavy atom. The Hall–Kier alpha value is -1.64. The standard InChI is InChI=1S/C13H18N2O5S/c1-8(12-3-2-6-20-12)15-11-5-4-9(21(14,18)19)7-10(11)13(16)17/h4-5,7-8,12,15H,2-3,6H2,1H3,(H,16,17)(H2,14,18,19). The van der Waals surface area contributed by atoms with Crippen molar-refractivity contribution in [1.29, 1.82) is 0 Å². The van der Waals surface area contributed by atoms with E-state index in [1.54, 1.807) is 0 Å². The Labute approximate surface area is 123 Å². The fraction of sp³-hybridized carbons (Fsp3) is 0.462. The van der Waals surface area contributed by atoms with Crippen molar-refractivity contribution in [3.05, 3.63) is 23.8 Å². The third-order valence-electron chi connectivity index (χ3n) is 3.46. The molecule has 0 bridgehead atoms. The molecule has 0 amide bonds. The van der Waals surface area contributed by atoms with E-state index in [2.05, 4.69) is 5.32 Å². The van der Waals surface area contributed by atoms with Crippen molar-refractivity contribution < 1.29 is 23.1 Å². The van der Waals surface area contributed by atoms with Gasteiger partial charge in [0, 0.05) is 18.3 Å². The van der Waals surface area contributed by atoms with Crippen LogP contribution in [0.1, 0.15) is 30.1 Å². The second-order valence-corrected chi connectivity index (χ2v) is 6.60. The summed E-state index contributed by atoms with van der Waals surface area (Å²) in [4.78, 5) is 11.1. The van der Waals surface area contributed by atoms with Crippen molar-refractivity contribution >= 4 is 21.7 Å². The number of anilines is 1. The van der Waals surface area contributed by atoms with Gasteiger partial charge in [-0.1, -0.05) is 0 Å². The van der Waals surface area contributed by atoms with Crippen molar-refractivity contribution in [3.63, 3.8) is 0 Å². The van der Waals surface area contributed by atoms with E-state index in [1.165, 1.54) is 12.1 Å². The molecule has 1 fully saturated rings. The lowest BCUT2D eigenvalue weighted by Gasteiger charge is -2.22. The summed E-state index contributed by atoms with van der Waals surface area (Å²) in [7, 11) is -3.94. The monoisotopic (exact) mass is 314 g/mol. The molecule has 7 nitrogen and oxygen atoms in total. The molecule has 0 saturated carbocycles. The number of aromatic carboxylic acids is 1. The second-order valence-electron chi connectivity index (χ2n) is 5.04. The topological polar surface area (TPSA) is 119 Å². The van der Waals surface area contributed by atoms with Gasteiger partial charge in [-0.3, -0.25) is 0 Å². The van der Waals surface area contributed by atoms with Crippen LogP contribution < -0.4 is 10.5 Å². The Kier molecular flexibility index (Phi) is 4.50. The van der Waals surface area contributed by atoms with E-state index >= 15 is 0 Å². The Balaban J connectivity index is 2.28. The third-order valence-corrected chi connectivity index (χ3v) is 4.37. The minimum absolute atomic E-state index is 0.0181. The number of hydrogen-bond donors (Lipinski definition) is 3. The second kappa shape index (κ2) is 6.00. The molecule has 0 radical (unpaired) electrons. The molecule has 1 aromatic carbocycles. The molecular weight excluding hydrogens is 296 g/mol. The number of benzene rings is 1. The van der Waals surface area contributed by atoms with Crippen molar-refractivity contribution in [2.24, 2.45) is 5.14 Å². The number of carboxylic acid groups (broad SMARTS) is 1. The van der Waals surface area contributed by atoms with E-state index < -0.39 is 16.0 Å². The van der Waals surface area contributed by atoms with E-state index in [0.717, 1.165) is 18.9 Å². The number of rotatable bonds is 5. The van der Waals surface area contributed by atoms with Gasteiger partial charge in [0.25, 0.3) is 0 Å². The van der Waals surface area contributed by atoms with Crippen LogP contribution >= 0.6 is 0 Å². The van der Waals surface area contributed by atoms with Crippen LogP contribution in [0.4, 0.5) is 5.69 Å². The van der Waals surface area contributed by atoms with Gasteiger partial charge in [-0.25, -0.2) is 18.4 Å². The SMILES string of the molecule is CC(Nc1ccc(S(N)(=O)=O)cc1C(=O)O)C1CCCO1. The quantitative estimate of drug-likeness (QED) is 0.746. The zero-order valence-electron chi connectivity index (χ0n) is 11.6. The molecule has 21 heavy (non-hydrogen) atoms. The molecule has 0 spiro atoms. The fourth-order valence-corrected chi connectivity index (χ4v) is 2.88. The van der Waals surface area contributed by atoms with Gasteiger partial charge in [-0.05, 0) is 38.0 Å². The predicted molar refractivity (Wildman–Crippen MR) is 76.8 cm³/mol. The van der Waals surface area contributed by atoms with Gasteiger partial charge in [0.2, 0.25) is 10.0 Å². The van der Waals surface area contributed by atoms with E-state index in [4.69, 9.17) is 9.88 Å². The van der Waals surface area contributed by atoms with E-state index in [0.29, 0.717) is 12.3 Å². The van der Waals surface area contributed by atoms with Gasteiger partial charge >= 0.3 is 5.97 Å². The van der Waals surface area contributed by atoms with Crippen LogP contribution in [0.25, 0.3) is 0 Å². The first-order chi connectivity index (χ1) is 9.79. The summed E-state index contributed by atoms with van der Waals surface area (Å²) in [6.45, 7) is 2.60. The van der Waals surface area contributed by atoms with Crippen LogP contribution in [0.2, 0.25) is 0 Å². The molecule has 116 valence electrons. The molecule has 1 heterocycles. The number of nitrogens with one attached hydrogen (secondary N) is 1. The van der Waals surface area contributed by atoms with E-state index in [9.17, 15) is 18.3 Å². The average molecular weight is 314 g/mol. The normalized spacial score (nSPS) is 20.2. The van der Waals surface area contributed by atoms with Crippen LogP contribution in [-0.4, -0.2) is 38.2 Å². The maximum absolute atomic E-state index is 11.3. The highest BCUT2D eigenvalue weighted by molar-refractivity contribution is 7.89. The minimum atomic E-state index is -3.94. The lowest BCUT2D eigenvalue weighted by atomic mass is 10.1. The summed E-state index contributed by atoms with van der Waals surface area (Å²) in [6.07, 6.45) is 1.91. The molecular formula is C13H18N2O5S. The summed E-state index contributed by atoms with van der Waals surface area (Å²) < 4.78 is 28.1. The van der Waals surface area contributed by atoms with Crippen LogP contribution in [0.3, 0.4) is 0 Å². The lowest BCUT2D eigenvalue weighted by Crippen LogP contribution is -2.30. The summed E-state index contributed by atoms with van der Waals surface area (Å²) in [5, 5.41) is 17.3. The molecule has 2 rings (SSSR count). The highest BCUT2D eigenvalue weighted by Gasteiger charge is 2.24. The molecule has 1 aliphatic heterocycles. The third kappa shape index (κ3) is 3.72. The summed E-state index contributed by atoms with van der Waals surface area (Å²) in [5.41, 5.74) is 0.212. The fourth-order valence-electron chi connectivity index (χ4n) is 2.34. The van der Waals surface area contributed by atoms with Crippen LogP contribution in [0.15, 0.2) is 23.1 Å². The molecule has 1 aliphatic rings. The minimum Gasteiger partial charge on any atom is -0.478 e. The van der Waals surface area contributed by atoms with Crippen molar-refractivity contribution in [2.45, 2.75) is 36.8 Å². The van der Waals surface area contributed by atoms with E-state index in [1.807, 2.05) is 6.92 Å². The molecule has 2 unspecified atom stereocenters. The summed E-state index contributed by atoms with van der Waals surface area (Å²) >= 11 is 0. The van der Waals surface area contributed by atoms with E-state index in [-0.39, 0.29) is 22.6 Å². The Morgan fingerprint density at radius 3 is 2.76 bits per heavy atom. The van der Waals surface area contributed by atoms with Crippen molar-refractivity contribution in [2.75, 3.05) is 11.9 Å². The number of carboxylic acids is 1. The molecule has 2 atom stereocenters. The number of carbonyl (C=O) groups is 1.